The molecule has 0 saturated carbocycles. The molecule has 144 valence electrons. The molecular formula is C18H18ClFN2O4S. The van der Waals surface area contributed by atoms with Gasteiger partial charge in [-0.3, -0.25) is 9.52 Å². The molecule has 2 aromatic rings. The number of sulfonamides is 1. The Morgan fingerprint density at radius 1 is 1.22 bits per heavy atom. The summed E-state index contributed by atoms with van der Waals surface area (Å²) < 4.78 is 45.8. The van der Waals surface area contributed by atoms with Crippen LogP contribution in [0.1, 0.15) is 23.2 Å². The first-order chi connectivity index (χ1) is 12.8. The number of carbonyl (C=O) groups is 1. The maximum atomic E-state index is 13.0. The lowest BCUT2D eigenvalue weighted by Gasteiger charge is -2.13. The Morgan fingerprint density at radius 2 is 1.96 bits per heavy atom. The number of benzene rings is 2. The molecule has 1 unspecified atom stereocenters. The molecule has 1 heterocycles. The topological polar surface area (TPSA) is 84.5 Å². The second kappa shape index (κ2) is 8.24. The lowest BCUT2D eigenvalue weighted by atomic mass is 10.2. The van der Waals surface area contributed by atoms with Gasteiger partial charge in [0.15, 0.2) is 0 Å². The molecule has 9 heteroatoms. The third-order valence-corrected chi connectivity index (χ3v) is 5.81. The molecule has 2 aromatic carbocycles. The highest BCUT2D eigenvalue weighted by Gasteiger charge is 2.21. The van der Waals surface area contributed by atoms with E-state index in [2.05, 4.69) is 10.0 Å². The molecule has 0 spiro atoms. The lowest BCUT2D eigenvalue weighted by Crippen LogP contribution is -2.32. The zero-order chi connectivity index (χ0) is 19.4. The molecule has 1 aliphatic rings. The van der Waals surface area contributed by atoms with E-state index in [9.17, 15) is 17.6 Å². The van der Waals surface area contributed by atoms with Crippen molar-refractivity contribution in [1.82, 2.24) is 5.32 Å². The smallest absolute Gasteiger partial charge is 0.261 e. The van der Waals surface area contributed by atoms with E-state index in [1.165, 1.54) is 30.3 Å². The van der Waals surface area contributed by atoms with E-state index < -0.39 is 21.7 Å². The van der Waals surface area contributed by atoms with Gasteiger partial charge in [0.1, 0.15) is 5.82 Å². The summed E-state index contributed by atoms with van der Waals surface area (Å²) in [6.07, 6.45) is 1.77. The molecule has 0 radical (unpaired) electrons. The fourth-order valence-corrected chi connectivity index (χ4v) is 3.97. The first-order valence-corrected chi connectivity index (χ1v) is 10.2. The van der Waals surface area contributed by atoms with Gasteiger partial charge >= 0.3 is 0 Å². The molecule has 0 aliphatic carbocycles. The number of anilines is 1. The first kappa shape index (κ1) is 19.6. The standard InChI is InChI=1S/C18H18ClFN2O4S/c19-17-8-7-15(27(24,25)22-13-5-3-12(20)4-6-13)10-16(17)18(23)21-11-14-2-1-9-26-14/h3-8,10,14,22H,1-2,9,11H2,(H,21,23). The van der Waals surface area contributed by atoms with Crippen molar-refractivity contribution in [3.63, 3.8) is 0 Å². The van der Waals surface area contributed by atoms with Crippen molar-refractivity contribution in [2.75, 3.05) is 17.9 Å². The summed E-state index contributed by atoms with van der Waals surface area (Å²) in [6.45, 7) is 1.00. The summed E-state index contributed by atoms with van der Waals surface area (Å²) >= 11 is 6.07. The van der Waals surface area contributed by atoms with Crippen LogP contribution in [0.2, 0.25) is 5.02 Å². The Kier molecular flexibility index (Phi) is 5.98. The van der Waals surface area contributed by atoms with Crippen LogP contribution in [0.15, 0.2) is 47.4 Å². The Bertz CT molecular complexity index is 929. The van der Waals surface area contributed by atoms with Crippen LogP contribution in [-0.4, -0.2) is 33.6 Å². The fraction of sp³-hybridized carbons (Fsp3) is 0.278. The number of halogens is 2. The molecule has 0 bridgehead atoms. The fourth-order valence-electron chi connectivity index (χ4n) is 2.68. The van der Waals surface area contributed by atoms with Crippen LogP contribution in [0.5, 0.6) is 0 Å². The third-order valence-electron chi connectivity index (χ3n) is 4.10. The first-order valence-electron chi connectivity index (χ1n) is 8.33. The van der Waals surface area contributed by atoms with Crippen molar-refractivity contribution in [1.29, 1.82) is 0 Å². The average molecular weight is 413 g/mol. The van der Waals surface area contributed by atoms with Crippen molar-refractivity contribution in [3.05, 3.63) is 58.9 Å². The van der Waals surface area contributed by atoms with Gasteiger partial charge in [-0.2, -0.15) is 0 Å². The monoisotopic (exact) mass is 412 g/mol. The molecule has 2 N–H and O–H groups in total. The van der Waals surface area contributed by atoms with Crippen LogP contribution < -0.4 is 10.0 Å². The van der Waals surface area contributed by atoms with E-state index in [0.717, 1.165) is 25.0 Å². The van der Waals surface area contributed by atoms with Crippen molar-refractivity contribution >= 4 is 33.2 Å². The quantitative estimate of drug-likeness (QED) is 0.763. The van der Waals surface area contributed by atoms with Crippen molar-refractivity contribution in [2.24, 2.45) is 0 Å². The SMILES string of the molecule is O=C(NCC1CCCO1)c1cc(S(=O)(=O)Nc2ccc(F)cc2)ccc1Cl. The van der Waals surface area contributed by atoms with Crippen LogP contribution in [-0.2, 0) is 14.8 Å². The highest BCUT2D eigenvalue weighted by molar-refractivity contribution is 7.92. The summed E-state index contributed by atoms with van der Waals surface area (Å²) in [5.41, 5.74) is 0.257. The highest BCUT2D eigenvalue weighted by atomic mass is 35.5. The molecule has 1 amide bonds. The summed E-state index contributed by atoms with van der Waals surface area (Å²) in [6, 6.07) is 8.75. The molecule has 1 atom stereocenters. The van der Waals surface area contributed by atoms with Crippen molar-refractivity contribution in [3.8, 4) is 0 Å². The van der Waals surface area contributed by atoms with Gasteiger partial charge in [-0.05, 0) is 55.3 Å². The van der Waals surface area contributed by atoms with E-state index in [1.54, 1.807) is 0 Å². The minimum absolute atomic E-state index is 0.0419. The maximum Gasteiger partial charge on any atom is 0.261 e. The Morgan fingerprint density at radius 3 is 2.63 bits per heavy atom. The number of carbonyl (C=O) groups excluding carboxylic acids is 1. The van der Waals surface area contributed by atoms with Gasteiger partial charge in [0.25, 0.3) is 15.9 Å². The largest absolute Gasteiger partial charge is 0.376 e. The minimum atomic E-state index is -3.97. The number of ether oxygens (including phenoxy) is 1. The van der Waals surface area contributed by atoms with E-state index >= 15 is 0 Å². The predicted octanol–water partition coefficient (Wildman–Crippen LogP) is 3.19. The molecule has 3 rings (SSSR count). The molecule has 1 fully saturated rings. The van der Waals surface area contributed by atoms with Gasteiger partial charge < -0.3 is 10.1 Å². The molecule has 1 saturated heterocycles. The summed E-state index contributed by atoms with van der Waals surface area (Å²) in [5, 5.41) is 2.85. The van der Waals surface area contributed by atoms with Gasteiger partial charge in [0, 0.05) is 18.8 Å². The predicted molar refractivity (Wildman–Crippen MR) is 100.0 cm³/mol. The average Bonchev–Trinajstić information content (AvgIpc) is 3.15. The number of rotatable bonds is 6. The van der Waals surface area contributed by atoms with E-state index in [4.69, 9.17) is 16.3 Å². The molecule has 1 aliphatic heterocycles. The zero-order valence-corrected chi connectivity index (χ0v) is 15.8. The van der Waals surface area contributed by atoms with Gasteiger partial charge in [0.2, 0.25) is 0 Å². The number of amides is 1. The molecular weight excluding hydrogens is 395 g/mol. The van der Waals surface area contributed by atoms with E-state index in [0.29, 0.717) is 13.2 Å². The minimum Gasteiger partial charge on any atom is -0.376 e. The highest BCUT2D eigenvalue weighted by Crippen LogP contribution is 2.23. The van der Waals surface area contributed by atoms with Gasteiger partial charge in [-0.15, -0.1) is 0 Å². The normalized spacial score (nSPS) is 16.9. The van der Waals surface area contributed by atoms with E-state index in [-0.39, 0.29) is 27.3 Å². The number of nitrogens with one attached hydrogen (secondary N) is 2. The second-order valence-corrected chi connectivity index (χ2v) is 8.19. The summed E-state index contributed by atoms with van der Waals surface area (Å²) in [4.78, 5) is 12.3. The Labute approximate surface area is 161 Å². The maximum absolute atomic E-state index is 13.0. The van der Waals surface area contributed by atoms with Crippen LogP contribution in [0.4, 0.5) is 10.1 Å². The van der Waals surface area contributed by atoms with Crippen molar-refractivity contribution in [2.45, 2.75) is 23.8 Å². The van der Waals surface area contributed by atoms with Gasteiger partial charge in [-0.25, -0.2) is 12.8 Å². The molecule has 6 nitrogen and oxygen atoms in total. The number of hydrogen-bond acceptors (Lipinski definition) is 4. The Hall–Kier alpha value is -2.16. The molecule has 0 aromatic heterocycles. The van der Waals surface area contributed by atoms with Crippen LogP contribution >= 0.6 is 11.6 Å². The van der Waals surface area contributed by atoms with Gasteiger partial charge in [-0.1, -0.05) is 11.6 Å². The number of hydrogen-bond donors (Lipinski definition) is 2. The van der Waals surface area contributed by atoms with Crippen molar-refractivity contribution < 1.29 is 22.3 Å². The Balaban J connectivity index is 1.76. The second-order valence-electron chi connectivity index (χ2n) is 6.10. The lowest BCUT2D eigenvalue weighted by molar-refractivity contribution is 0.0857. The van der Waals surface area contributed by atoms with Crippen LogP contribution in [0.3, 0.4) is 0 Å². The van der Waals surface area contributed by atoms with E-state index in [1.807, 2.05) is 0 Å². The van der Waals surface area contributed by atoms with Gasteiger partial charge in [0.05, 0.1) is 21.6 Å². The van der Waals surface area contributed by atoms with Crippen LogP contribution in [0, 0.1) is 5.82 Å². The summed E-state index contributed by atoms with van der Waals surface area (Å²) in [7, 11) is -3.97. The third kappa shape index (κ3) is 4.97. The van der Waals surface area contributed by atoms with Crippen LogP contribution in [0.25, 0.3) is 0 Å². The molecule has 27 heavy (non-hydrogen) atoms. The summed E-state index contributed by atoms with van der Waals surface area (Å²) in [5.74, 6) is -0.955. The zero-order valence-electron chi connectivity index (χ0n) is 14.2.